The standard InChI is InChI=1S/C18H15N7O/c19-11-24-9-13-15(10-24)25(14-6-2-1-5-12(14)17(20)26)23-18(13)22-16-7-3-4-8-21-16/h1-8H,9-10H2,(H2,20,26)(H,21,22,23). The molecule has 1 aromatic carbocycles. The second kappa shape index (κ2) is 6.22. The Morgan fingerprint density at radius 1 is 1.19 bits per heavy atom. The van der Waals surface area contributed by atoms with Gasteiger partial charge >= 0.3 is 0 Å². The maximum atomic E-state index is 11.8. The van der Waals surface area contributed by atoms with E-state index in [-0.39, 0.29) is 0 Å². The number of nitriles is 1. The summed E-state index contributed by atoms with van der Waals surface area (Å²) in [5.41, 5.74) is 8.22. The molecule has 2 aromatic heterocycles. The number of hydrogen-bond donors (Lipinski definition) is 2. The summed E-state index contributed by atoms with van der Waals surface area (Å²) in [6.07, 6.45) is 3.85. The molecule has 3 N–H and O–H groups in total. The van der Waals surface area contributed by atoms with E-state index in [2.05, 4.69) is 21.6 Å². The van der Waals surface area contributed by atoms with Crippen LogP contribution in [0, 0.1) is 11.5 Å². The molecule has 0 atom stereocenters. The number of anilines is 2. The van der Waals surface area contributed by atoms with Crippen molar-refractivity contribution in [3.63, 3.8) is 0 Å². The normalized spacial score (nSPS) is 12.5. The number of nitrogens with two attached hydrogens (primary N) is 1. The fourth-order valence-electron chi connectivity index (χ4n) is 3.04. The predicted octanol–water partition coefficient (Wildman–Crippen LogP) is 1.91. The van der Waals surface area contributed by atoms with Crippen molar-refractivity contribution < 1.29 is 4.79 Å². The molecule has 0 saturated carbocycles. The number of nitrogens with zero attached hydrogens (tertiary/aromatic N) is 5. The van der Waals surface area contributed by atoms with Crippen molar-refractivity contribution in [3.8, 4) is 11.9 Å². The van der Waals surface area contributed by atoms with Gasteiger partial charge in [-0.15, -0.1) is 5.10 Å². The molecule has 1 amide bonds. The van der Waals surface area contributed by atoms with E-state index in [9.17, 15) is 10.1 Å². The van der Waals surface area contributed by atoms with E-state index in [1.807, 2.05) is 24.3 Å². The Kier molecular flexibility index (Phi) is 3.74. The van der Waals surface area contributed by atoms with E-state index in [1.165, 1.54) is 0 Å². The number of carbonyl (C=O) groups is 1. The third-order valence-electron chi connectivity index (χ3n) is 4.23. The van der Waals surface area contributed by atoms with Crippen molar-refractivity contribution in [1.82, 2.24) is 19.7 Å². The number of carbonyl (C=O) groups excluding carboxylic acids is 1. The largest absolute Gasteiger partial charge is 0.366 e. The van der Waals surface area contributed by atoms with Crippen LogP contribution >= 0.6 is 0 Å². The van der Waals surface area contributed by atoms with E-state index in [0.717, 1.165) is 11.3 Å². The summed E-state index contributed by atoms with van der Waals surface area (Å²) in [6.45, 7) is 0.857. The Morgan fingerprint density at radius 3 is 2.73 bits per heavy atom. The molecule has 0 spiro atoms. The average Bonchev–Trinajstić information content (AvgIpc) is 3.22. The molecule has 26 heavy (non-hydrogen) atoms. The van der Waals surface area contributed by atoms with Crippen LogP contribution in [0.3, 0.4) is 0 Å². The number of rotatable bonds is 4. The Balaban J connectivity index is 1.84. The lowest BCUT2D eigenvalue weighted by atomic mass is 10.1. The number of benzene rings is 1. The number of amides is 1. The highest BCUT2D eigenvalue weighted by Crippen LogP contribution is 2.32. The van der Waals surface area contributed by atoms with E-state index >= 15 is 0 Å². The van der Waals surface area contributed by atoms with Gasteiger partial charge in [0.15, 0.2) is 12.0 Å². The molecule has 0 bridgehead atoms. The minimum atomic E-state index is -0.528. The zero-order valence-electron chi connectivity index (χ0n) is 13.8. The monoisotopic (exact) mass is 345 g/mol. The quantitative estimate of drug-likeness (QED) is 0.698. The second-order valence-corrected chi connectivity index (χ2v) is 5.86. The Hall–Kier alpha value is -3.86. The number of hydrogen-bond acceptors (Lipinski definition) is 6. The molecule has 1 aliphatic heterocycles. The third kappa shape index (κ3) is 2.61. The lowest BCUT2D eigenvalue weighted by Crippen LogP contribution is -2.17. The number of pyridine rings is 1. The second-order valence-electron chi connectivity index (χ2n) is 5.86. The summed E-state index contributed by atoms with van der Waals surface area (Å²) < 4.78 is 1.68. The summed E-state index contributed by atoms with van der Waals surface area (Å²) in [6, 6.07) is 12.5. The summed E-state index contributed by atoms with van der Waals surface area (Å²) in [7, 11) is 0. The Bertz CT molecular complexity index is 1020. The maximum absolute atomic E-state index is 11.8. The van der Waals surface area contributed by atoms with Crippen LogP contribution in [0.15, 0.2) is 48.7 Å². The highest BCUT2D eigenvalue weighted by atomic mass is 16.1. The van der Waals surface area contributed by atoms with Gasteiger partial charge in [0.1, 0.15) is 5.82 Å². The van der Waals surface area contributed by atoms with Gasteiger partial charge in [-0.3, -0.25) is 4.79 Å². The molecule has 0 fully saturated rings. The van der Waals surface area contributed by atoms with E-state index in [0.29, 0.717) is 36.0 Å². The molecule has 0 radical (unpaired) electrons. The SMILES string of the molecule is N#CN1Cc2c(Nc3ccccn3)nn(-c3ccccc3C(N)=O)c2C1. The van der Waals surface area contributed by atoms with Gasteiger partial charge in [0.05, 0.1) is 30.0 Å². The van der Waals surface area contributed by atoms with Gasteiger partial charge in [0.25, 0.3) is 5.91 Å². The highest BCUT2D eigenvalue weighted by molar-refractivity contribution is 5.96. The van der Waals surface area contributed by atoms with Crippen LogP contribution in [0.25, 0.3) is 5.69 Å². The van der Waals surface area contributed by atoms with Gasteiger partial charge in [0.2, 0.25) is 0 Å². The first-order valence-electron chi connectivity index (χ1n) is 8.00. The highest BCUT2D eigenvalue weighted by Gasteiger charge is 2.29. The molecule has 3 heterocycles. The zero-order chi connectivity index (χ0) is 18.1. The molecule has 1 aliphatic rings. The number of para-hydroxylation sites is 1. The molecular formula is C18H15N7O. The van der Waals surface area contributed by atoms with Gasteiger partial charge in [0, 0.05) is 11.8 Å². The van der Waals surface area contributed by atoms with Crippen molar-refractivity contribution in [1.29, 1.82) is 5.26 Å². The van der Waals surface area contributed by atoms with Gasteiger partial charge in [-0.2, -0.15) is 5.26 Å². The van der Waals surface area contributed by atoms with Crippen LogP contribution < -0.4 is 11.1 Å². The Morgan fingerprint density at radius 2 is 2.00 bits per heavy atom. The number of primary amides is 1. The fourth-order valence-corrected chi connectivity index (χ4v) is 3.04. The maximum Gasteiger partial charge on any atom is 0.250 e. The molecule has 0 saturated heterocycles. The molecule has 8 heteroatoms. The van der Waals surface area contributed by atoms with Crippen molar-refractivity contribution in [3.05, 3.63) is 65.5 Å². The molecule has 4 rings (SSSR count). The van der Waals surface area contributed by atoms with Crippen LogP contribution in [-0.2, 0) is 13.1 Å². The smallest absolute Gasteiger partial charge is 0.250 e. The van der Waals surface area contributed by atoms with Crippen molar-refractivity contribution in [2.75, 3.05) is 5.32 Å². The van der Waals surface area contributed by atoms with Crippen molar-refractivity contribution >= 4 is 17.5 Å². The van der Waals surface area contributed by atoms with E-state index in [4.69, 9.17) is 5.73 Å². The number of aromatic nitrogens is 3. The van der Waals surface area contributed by atoms with Crippen LogP contribution in [0.1, 0.15) is 21.6 Å². The van der Waals surface area contributed by atoms with Gasteiger partial charge in [-0.25, -0.2) is 9.67 Å². The van der Waals surface area contributed by atoms with Crippen molar-refractivity contribution in [2.45, 2.75) is 13.1 Å². The zero-order valence-corrected chi connectivity index (χ0v) is 13.8. The molecule has 3 aromatic rings. The van der Waals surface area contributed by atoms with E-state index in [1.54, 1.807) is 34.0 Å². The van der Waals surface area contributed by atoms with Crippen LogP contribution in [0.2, 0.25) is 0 Å². The van der Waals surface area contributed by atoms with Gasteiger partial charge < -0.3 is 16.0 Å². The third-order valence-corrected chi connectivity index (χ3v) is 4.23. The molecular weight excluding hydrogens is 330 g/mol. The van der Waals surface area contributed by atoms with E-state index < -0.39 is 5.91 Å². The first-order chi connectivity index (χ1) is 12.7. The fraction of sp³-hybridized carbons (Fsp3) is 0.111. The molecule has 8 nitrogen and oxygen atoms in total. The molecule has 0 aliphatic carbocycles. The first kappa shape index (κ1) is 15.7. The first-order valence-corrected chi connectivity index (χ1v) is 8.00. The minimum Gasteiger partial charge on any atom is -0.366 e. The number of nitrogens with one attached hydrogen (secondary N) is 1. The summed E-state index contributed by atoms with van der Waals surface area (Å²) >= 11 is 0. The lowest BCUT2D eigenvalue weighted by molar-refractivity contribution is 0.1000. The Labute approximate surface area is 149 Å². The summed E-state index contributed by atoms with van der Waals surface area (Å²) in [4.78, 5) is 17.7. The van der Waals surface area contributed by atoms with Crippen LogP contribution in [0.5, 0.6) is 0 Å². The topological polar surface area (TPSA) is 113 Å². The van der Waals surface area contributed by atoms with Gasteiger partial charge in [-0.1, -0.05) is 18.2 Å². The lowest BCUT2D eigenvalue weighted by Gasteiger charge is -2.11. The van der Waals surface area contributed by atoms with Crippen LogP contribution in [0.4, 0.5) is 11.6 Å². The van der Waals surface area contributed by atoms with Crippen molar-refractivity contribution in [2.24, 2.45) is 5.73 Å². The predicted molar refractivity (Wildman–Crippen MR) is 94.5 cm³/mol. The van der Waals surface area contributed by atoms with Crippen LogP contribution in [-0.4, -0.2) is 25.6 Å². The van der Waals surface area contributed by atoms with Gasteiger partial charge in [-0.05, 0) is 24.3 Å². The molecule has 128 valence electrons. The summed E-state index contributed by atoms with van der Waals surface area (Å²) in [5.74, 6) is 0.730. The minimum absolute atomic E-state index is 0.373. The molecule has 0 unspecified atom stereocenters. The number of fused-ring (bicyclic) bond motifs is 1. The summed E-state index contributed by atoms with van der Waals surface area (Å²) in [5, 5.41) is 17.1. The average molecular weight is 345 g/mol.